The highest BCUT2D eigenvalue weighted by atomic mass is 35.5. The molecule has 1 amide bonds. The molecule has 0 spiro atoms. The number of carbonyl (C=O) groups is 1. The molecule has 2 aliphatic heterocycles. The third kappa shape index (κ3) is 5.62. The zero-order valence-corrected chi connectivity index (χ0v) is 16.5. The summed E-state index contributed by atoms with van der Waals surface area (Å²) in [6.45, 7) is 3.68. The Kier molecular flexibility index (Phi) is 9.30. The summed E-state index contributed by atoms with van der Waals surface area (Å²) in [4.78, 5) is 16.5. The van der Waals surface area contributed by atoms with Crippen LogP contribution in [0, 0.1) is 5.82 Å². The first kappa shape index (κ1) is 22.3. The van der Waals surface area contributed by atoms with Crippen molar-refractivity contribution in [3.05, 3.63) is 29.6 Å². The van der Waals surface area contributed by atoms with Crippen LogP contribution in [0.15, 0.2) is 18.2 Å². The number of piperazine rings is 1. The predicted molar refractivity (Wildman–Crippen MR) is 104 cm³/mol. The van der Waals surface area contributed by atoms with E-state index in [4.69, 9.17) is 4.74 Å². The van der Waals surface area contributed by atoms with Gasteiger partial charge >= 0.3 is 0 Å². The number of hydrogen-bond donors (Lipinski definition) is 1. The molecule has 25 heavy (non-hydrogen) atoms. The fourth-order valence-electron chi connectivity index (χ4n) is 3.01. The summed E-state index contributed by atoms with van der Waals surface area (Å²) in [6.07, 6.45) is 0. The lowest BCUT2D eigenvalue weighted by molar-refractivity contribution is -0.134. The topological polar surface area (TPSA) is 44.8 Å². The molecule has 2 heterocycles. The zero-order chi connectivity index (χ0) is 16.2. The summed E-state index contributed by atoms with van der Waals surface area (Å²) in [7, 11) is 1.60. The Bertz CT molecular complexity index is 568. The molecule has 0 aromatic heterocycles. The molecule has 1 atom stereocenters. The van der Waals surface area contributed by atoms with E-state index < -0.39 is 0 Å². The molecule has 2 saturated heterocycles. The van der Waals surface area contributed by atoms with Gasteiger partial charge in [0.2, 0.25) is 5.91 Å². The number of nitrogens with zero attached hydrogens (tertiary/aromatic N) is 2. The van der Waals surface area contributed by atoms with Crippen LogP contribution in [0.25, 0.3) is 0 Å². The Morgan fingerprint density at radius 3 is 2.64 bits per heavy atom. The number of nitrogens with one attached hydrogen (secondary N) is 1. The number of ether oxygens (including phenoxy) is 1. The number of rotatable bonds is 4. The molecule has 5 nitrogen and oxygen atoms in total. The normalized spacial score (nSPS) is 20.6. The molecule has 1 N–H and O–H groups in total. The van der Waals surface area contributed by atoms with E-state index in [0.717, 1.165) is 43.4 Å². The van der Waals surface area contributed by atoms with Crippen LogP contribution in [-0.2, 0) is 11.3 Å². The minimum Gasteiger partial charge on any atom is -0.496 e. The maximum Gasteiger partial charge on any atom is 0.240 e. The molecule has 2 fully saturated rings. The largest absolute Gasteiger partial charge is 0.496 e. The molecule has 0 radical (unpaired) electrons. The molecule has 9 heteroatoms. The van der Waals surface area contributed by atoms with Gasteiger partial charge in [0.05, 0.1) is 13.2 Å². The first-order valence-corrected chi connectivity index (χ1v) is 8.97. The number of carbonyl (C=O) groups excluding carboxylic acids is 1. The van der Waals surface area contributed by atoms with Gasteiger partial charge in [0.1, 0.15) is 11.6 Å². The van der Waals surface area contributed by atoms with Crippen LogP contribution in [0.2, 0.25) is 0 Å². The number of thioether (sulfide) groups is 1. The minimum absolute atomic E-state index is 0. The second kappa shape index (κ2) is 10.4. The maximum absolute atomic E-state index is 13.4. The fraction of sp³-hybridized carbons (Fsp3) is 0.562. The van der Waals surface area contributed by atoms with Gasteiger partial charge in [-0.05, 0) is 18.2 Å². The highest BCUT2D eigenvalue weighted by molar-refractivity contribution is 7.99. The molecular formula is C16H24Cl2FN3O2S. The second-order valence-corrected chi connectivity index (χ2v) is 6.86. The van der Waals surface area contributed by atoms with Gasteiger partial charge in [-0.2, -0.15) is 0 Å². The highest BCUT2D eigenvalue weighted by Crippen LogP contribution is 2.22. The molecule has 142 valence electrons. The summed E-state index contributed by atoms with van der Waals surface area (Å²) < 4.78 is 18.7. The number of benzene rings is 1. The Hall–Kier alpha value is -0.730. The van der Waals surface area contributed by atoms with Gasteiger partial charge in [0.15, 0.2) is 0 Å². The Morgan fingerprint density at radius 1 is 1.32 bits per heavy atom. The van der Waals surface area contributed by atoms with Crippen molar-refractivity contribution < 1.29 is 13.9 Å². The summed E-state index contributed by atoms with van der Waals surface area (Å²) in [5.41, 5.74) is 0.848. The van der Waals surface area contributed by atoms with Crippen molar-refractivity contribution in [1.29, 1.82) is 0 Å². The van der Waals surface area contributed by atoms with E-state index in [0.29, 0.717) is 12.3 Å². The molecule has 0 saturated carbocycles. The van der Waals surface area contributed by atoms with Gasteiger partial charge in [-0.3, -0.25) is 15.0 Å². The van der Waals surface area contributed by atoms with E-state index in [1.54, 1.807) is 24.9 Å². The number of halogens is 3. The first-order chi connectivity index (χ1) is 11.2. The maximum atomic E-state index is 13.4. The lowest BCUT2D eigenvalue weighted by atomic mass is 10.1. The quantitative estimate of drug-likeness (QED) is 0.820. The third-order valence-electron chi connectivity index (χ3n) is 4.33. The van der Waals surface area contributed by atoms with Gasteiger partial charge in [-0.1, -0.05) is 0 Å². The van der Waals surface area contributed by atoms with Crippen LogP contribution in [0.3, 0.4) is 0 Å². The molecule has 0 aliphatic carbocycles. The highest BCUT2D eigenvalue weighted by Gasteiger charge is 2.29. The van der Waals surface area contributed by atoms with Crippen molar-refractivity contribution in [1.82, 2.24) is 15.1 Å². The van der Waals surface area contributed by atoms with Gasteiger partial charge in [0, 0.05) is 49.9 Å². The van der Waals surface area contributed by atoms with Gasteiger partial charge in [-0.15, -0.1) is 36.6 Å². The molecule has 2 aliphatic rings. The van der Waals surface area contributed by atoms with E-state index in [1.807, 2.05) is 4.90 Å². The van der Waals surface area contributed by atoms with Crippen LogP contribution in [0.1, 0.15) is 5.56 Å². The van der Waals surface area contributed by atoms with Crippen LogP contribution in [-0.4, -0.2) is 66.7 Å². The van der Waals surface area contributed by atoms with E-state index in [2.05, 4.69) is 10.2 Å². The van der Waals surface area contributed by atoms with Crippen LogP contribution >= 0.6 is 36.6 Å². The Labute approximate surface area is 164 Å². The summed E-state index contributed by atoms with van der Waals surface area (Å²) in [5.74, 6) is 2.38. The Balaban J connectivity index is 0.00000156. The molecule has 1 unspecified atom stereocenters. The van der Waals surface area contributed by atoms with Crippen molar-refractivity contribution in [3.63, 3.8) is 0 Å². The average Bonchev–Trinajstić information content (AvgIpc) is 3.10. The minimum atomic E-state index is -0.251. The standard InChI is InChI=1S/C16H22FN3O2S.2ClH/c1-22-15-3-2-13(17)8-12(15)9-19-4-6-20(7-5-19)16(21)14-10-23-11-18-14;;/h2-3,8,14,18H,4-7,9-11H2,1H3;2*1H. The monoisotopic (exact) mass is 411 g/mol. The third-order valence-corrected chi connectivity index (χ3v) is 5.27. The van der Waals surface area contributed by atoms with Gasteiger partial charge in [0.25, 0.3) is 0 Å². The van der Waals surface area contributed by atoms with E-state index in [9.17, 15) is 9.18 Å². The van der Waals surface area contributed by atoms with Crippen molar-refractivity contribution in [2.45, 2.75) is 12.6 Å². The first-order valence-electron chi connectivity index (χ1n) is 7.82. The molecule has 0 bridgehead atoms. The molecular weight excluding hydrogens is 388 g/mol. The smallest absolute Gasteiger partial charge is 0.240 e. The van der Waals surface area contributed by atoms with Crippen molar-refractivity contribution in [2.24, 2.45) is 0 Å². The lowest BCUT2D eigenvalue weighted by Gasteiger charge is -2.36. The molecule has 1 aromatic rings. The van der Waals surface area contributed by atoms with E-state index in [1.165, 1.54) is 12.1 Å². The molecule has 3 rings (SSSR count). The Morgan fingerprint density at radius 2 is 2.04 bits per heavy atom. The summed E-state index contributed by atoms with van der Waals surface area (Å²) in [5, 5.41) is 3.23. The van der Waals surface area contributed by atoms with Crippen molar-refractivity contribution >= 4 is 42.5 Å². The summed E-state index contributed by atoms with van der Waals surface area (Å²) >= 11 is 1.76. The van der Waals surface area contributed by atoms with Crippen molar-refractivity contribution in [3.8, 4) is 5.75 Å². The number of hydrogen-bond acceptors (Lipinski definition) is 5. The number of methoxy groups -OCH3 is 1. The fourth-order valence-corrected chi connectivity index (χ4v) is 3.95. The van der Waals surface area contributed by atoms with Crippen LogP contribution < -0.4 is 10.1 Å². The zero-order valence-electron chi connectivity index (χ0n) is 14.1. The predicted octanol–water partition coefficient (Wildman–Crippen LogP) is 1.98. The SMILES string of the molecule is COc1ccc(F)cc1CN1CCN(C(=O)C2CSCN2)CC1.Cl.Cl. The lowest BCUT2D eigenvalue weighted by Crippen LogP contribution is -2.53. The van der Waals surface area contributed by atoms with Crippen molar-refractivity contribution in [2.75, 3.05) is 44.9 Å². The molecule has 1 aromatic carbocycles. The van der Waals surface area contributed by atoms with Crippen LogP contribution in [0.4, 0.5) is 4.39 Å². The second-order valence-electron chi connectivity index (χ2n) is 5.83. The van der Waals surface area contributed by atoms with Crippen LogP contribution in [0.5, 0.6) is 5.75 Å². The van der Waals surface area contributed by atoms with E-state index >= 15 is 0 Å². The number of amides is 1. The van der Waals surface area contributed by atoms with Gasteiger partial charge in [-0.25, -0.2) is 4.39 Å². The van der Waals surface area contributed by atoms with Gasteiger partial charge < -0.3 is 9.64 Å². The van der Waals surface area contributed by atoms with E-state index in [-0.39, 0.29) is 42.6 Å². The summed E-state index contributed by atoms with van der Waals surface area (Å²) in [6, 6.07) is 4.56. The average molecular weight is 412 g/mol.